The Bertz CT molecular complexity index is 548. The first-order valence-corrected chi connectivity index (χ1v) is 7.58. The highest BCUT2D eigenvalue weighted by Crippen LogP contribution is 2.32. The van der Waals surface area contributed by atoms with Crippen molar-refractivity contribution in [1.82, 2.24) is 0 Å². The van der Waals surface area contributed by atoms with Crippen LogP contribution < -0.4 is 4.90 Å². The number of hydrogen-bond donors (Lipinski definition) is 1. The van der Waals surface area contributed by atoms with Gasteiger partial charge in [-0.2, -0.15) is 0 Å². The van der Waals surface area contributed by atoms with Crippen LogP contribution in [-0.2, 0) is 4.79 Å². The number of aryl methyl sites for hydroxylation is 1. The van der Waals surface area contributed by atoms with Crippen molar-refractivity contribution in [3.63, 3.8) is 0 Å². The molecule has 0 spiro atoms. The van der Waals surface area contributed by atoms with E-state index in [9.17, 15) is 9.90 Å². The molecule has 1 aromatic heterocycles. The molecule has 2 rings (SSSR count). The van der Waals surface area contributed by atoms with Crippen LogP contribution in [0, 0.1) is 6.92 Å². The standard InChI is InChI=1S/C16H19NO2S/c1-3-14(15-5-4-10-20-15)17(11-16(18)19)13-8-6-12(2)7-9-13/h4-10,14H,3,11H2,1-2H3,(H,18,19). The summed E-state index contributed by atoms with van der Waals surface area (Å²) in [5.41, 5.74) is 2.13. The second kappa shape index (κ2) is 6.57. The van der Waals surface area contributed by atoms with Crippen molar-refractivity contribution < 1.29 is 9.90 Å². The highest BCUT2D eigenvalue weighted by molar-refractivity contribution is 7.10. The Kier molecular flexibility index (Phi) is 4.79. The zero-order chi connectivity index (χ0) is 14.5. The SMILES string of the molecule is CCC(c1cccs1)N(CC(=O)O)c1ccc(C)cc1. The summed E-state index contributed by atoms with van der Waals surface area (Å²) in [6.07, 6.45) is 0.877. The van der Waals surface area contributed by atoms with Crippen molar-refractivity contribution in [3.05, 3.63) is 52.2 Å². The average Bonchev–Trinajstić information content (AvgIpc) is 2.93. The lowest BCUT2D eigenvalue weighted by atomic mass is 10.1. The molecular weight excluding hydrogens is 270 g/mol. The molecule has 0 bridgehead atoms. The first kappa shape index (κ1) is 14.6. The van der Waals surface area contributed by atoms with Gasteiger partial charge >= 0.3 is 5.97 Å². The number of thiophene rings is 1. The zero-order valence-electron chi connectivity index (χ0n) is 11.7. The molecule has 20 heavy (non-hydrogen) atoms. The monoisotopic (exact) mass is 289 g/mol. The summed E-state index contributed by atoms with van der Waals surface area (Å²) in [5.74, 6) is -0.805. The van der Waals surface area contributed by atoms with Crippen molar-refractivity contribution >= 4 is 23.0 Å². The van der Waals surface area contributed by atoms with Gasteiger partial charge in [-0.1, -0.05) is 30.7 Å². The van der Waals surface area contributed by atoms with E-state index in [4.69, 9.17) is 0 Å². The van der Waals surface area contributed by atoms with Crippen LogP contribution in [0.1, 0.15) is 29.8 Å². The van der Waals surface area contributed by atoms with E-state index in [1.54, 1.807) is 11.3 Å². The molecule has 1 heterocycles. The lowest BCUT2D eigenvalue weighted by Gasteiger charge is -2.31. The number of hydrogen-bond acceptors (Lipinski definition) is 3. The molecular formula is C16H19NO2S. The van der Waals surface area contributed by atoms with Crippen LogP contribution in [0.2, 0.25) is 0 Å². The van der Waals surface area contributed by atoms with Crippen molar-refractivity contribution in [1.29, 1.82) is 0 Å². The van der Waals surface area contributed by atoms with Crippen molar-refractivity contribution in [3.8, 4) is 0 Å². The Morgan fingerprint density at radius 1 is 1.30 bits per heavy atom. The fraction of sp³-hybridized carbons (Fsp3) is 0.312. The summed E-state index contributed by atoms with van der Waals surface area (Å²) in [6.45, 7) is 4.13. The van der Waals surface area contributed by atoms with E-state index in [1.165, 1.54) is 10.4 Å². The van der Waals surface area contributed by atoms with Gasteiger partial charge in [-0.15, -0.1) is 11.3 Å². The maximum absolute atomic E-state index is 11.2. The Morgan fingerprint density at radius 3 is 2.50 bits per heavy atom. The van der Waals surface area contributed by atoms with E-state index in [0.29, 0.717) is 0 Å². The summed E-state index contributed by atoms with van der Waals surface area (Å²) in [7, 11) is 0. The highest BCUT2D eigenvalue weighted by Gasteiger charge is 2.22. The molecule has 0 saturated heterocycles. The van der Waals surface area contributed by atoms with Gasteiger partial charge in [-0.3, -0.25) is 4.79 Å². The molecule has 0 saturated carbocycles. The van der Waals surface area contributed by atoms with Gasteiger partial charge in [0.25, 0.3) is 0 Å². The third-order valence-electron chi connectivity index (χ3n) is 3.31. The Morgan fingerprint density at radius 2 is 2.00 bits per heavy atom. The maximum Gasteiger partial charge on any atom is 0.323 e. The van der Waals surface area contributed by atoms with E-state index in [1.807, 2.05) is 47.5 Å². The van der Waals surface area contributed by atoms with Crippen LogP contribution in [0.4, 0.5) is 5.69 Å². The summed E-state index contributed by atoms with van der Waals surface area (Å²) in [6, 6.07) is 12.2. The van der Waals surface area contributed by atoms with Crippen molar-refractivity contribution in [2.75, 3.05) is 11.4 Å². The van der Waals surface area contributed by atoms with E-state index in [2.05, 4.69) is 13.0 Å². The number of carbonyl (C=O) groups is 1. The molecule has 1 unspecified atom stereocenters. The molecule has 0 aliphatic rings. The number of nitrogens with zero attached hydrogens (tertiary/aromatic N) is 1. The molecule has 3 nitrogen and oxygen atoms in total. The van der Waals surface area contributed by atoms with Gasteiger partial charge in [0.2, 0.25) is 0 Å². The molecule has 0 radical (unpaired) electrons. The second-order valence-corrected chi connectivity index (χ2v) is 5.78. The van der Waals surface area contributed by atoms with Crippen LogP contribution in [0.25, 0.3) is 0 Å². The predicted molar refractivity (Wildman–Crippen MR) is 83.5 cm³/mol. The smallest absolute Gasteiger partial charge is 0.323 e. The van der Waals surface area contributed by atoms with Gasteiger partial charge in [-0.25, -0.2) is 0 Å². The zero-order valence-corrected chi connectivity index (χ0v) is 12.6. The fourth-order valence-electron chi connectivity index (χ4n) is 2.32. The Balaban J connectivity index is 2.35. The van der Waals surface area contributed by atoms with Crippen LogP contribution in [0.3, 0.4) is 0 Å². The number of carboxylic acids is 1. The molecule has 1 N–H and O–H groups in total. The average molecular weight is 289 g/mol. The number of anilines is 1. The number of rotatable bonds is 6. The van der Waals surface area contributed by atoms with E-state index < -0.39 is 5.97 Å². The van der Waals surface area contributed by atoms with Crippen LogP contribution in [-0.4, -0.2) is 17.6 Å². The van der Waals surface area contributed by atoms with E-state index in [0.717, 1.165) is 12.1 Å². The normalized spacial score (nSPS) is 12.1. The highest BCUT2D eigenvalue weighted by atomic mass is 32.1. The Hall–Kier alpha value is -1.81. The number of carboxylic acid groups (broad SMARTS) is 1. The van der Waals surface area contributed by atoms with Crippen LogP contribution in [0.5, 0.6) is 0 Å². The quantitative estimate of drug-likeness (QED) is 0.870. The summed E-state index contributed by atoms with van der Waals surface area (Å²) >= 11 is 1.67. The summed E-state index contributed by atoms with van der Waals surface area (Å²) in [4.78, 5) is 14.4. The van der Waals surface area contributed by atoms with E-state index in [-0.39, 0.29) is 12.6 Å². The third-order valence-corrected chi connectivity index (χ3v) is 4.28. The van der Waals surface area contributed by atoms with Gasteiger partial charge in [0, 0.05) is 10.6 Å². The molecule has 0 fully saturated rings. The topological polar surface area (TPSA) is 40.5 Å². The second-order valence-electron chi connectivity index (χ2n) is 4.80. The maximum atomic E-state index is 11.2. The molecule has 0 amide bonds. The van der Waals surface area contributed by atoms with Gasteiger partial charge in [0.15, 0.2) is 0 Å². The van der Waals surface area contributed by atoms with E-state index >= 15 is 0 Å². The number of aliphatic carboxylic acids is 1. The molecule has 4 heteroatoms. The van der Waals surface area contributed by atoms with Crippen LogP contribution >= 0.6 is 11.3 Å². The fourth-order valence-corrected chi connectivity index (χ4v) is 3.24. The van der Waals surface area contributed by atoms with Crippen molar-refractivity contribution in [2.24, 2.45) is 0 Å². The summed E-state index contributed by atoms with van der Waals surface area (Å²) in [5, 5.41) is 11.2. The largest absolute Gasteiger partial charge is 0.480 e. The van der Waals surface area contributed by atoms with Gasteiger partial charge in [0.1, 0.15) is 6.54 Å². The molecule has 0 aliphatic carbocycles. The molecule has 2 aromatic rings. The molecule has 1 atom stereocenters. The molecule has 0 aliphatic heterocycles. The molecule has 106 valence electrons. The predicted octanol–water partition coefficient (Wildman–Crippen LogP) is 4.10. The minimum atomic E-state index is -0.805. The van der Waals surface area contributed by atoms with Crippen LogP contribution in [0.15, 0.2) is 41.8 Å². The first-order chi connectivity index (χ1) is 9.61. The van der Waals surface area contributed by atoms with Gasteiger partial charge in [-0.05, 0) is 36.9 Å². The van der Waals surface area contributed by atoms with Crippen molar-refractivity contribution in [2.45, 2.75) is 26.3 Å². The summed E-state index contributed by atoms with van der Waals surface area (Å²) < 4.78 is 0. The first-order valence-electron chi connectivity index (χ1n) is 6.70. The minimum Gasteiger partial charge on any atom is -0.480 e. The van der Waals surface area contributed by atoms with Gasteiger partial charge in [0.05, 0.1) is 6.04 Å². The number of benzene rings is 1. The van der Waals surface area contributed by atoms with Gasteiger partial charge < -0.3 is 10.0 Å². The Labute approximate surface area is 123 Å². The lowest BCUT2D eigenvalue weighted by molar-refractivity contribution is -0.135. The third kappa shape index (κ3) is 3.39. The minimum absolute atomic E-state index is 0.0134. The molecule has 1 aromatic carbocycles. The lowest BCUT2D eigenvalue weighted by Crippen LogP contribution is -2.33.